The van der Waals surface area contributed by atoms with Crippen LogP contribution in [0.5, 0.6) is 5.75 Å². The lowest BCUT2D eigenvalue weighted by Crippen LogP contribution is -2.52. The number of hydrogen-bond donors (Lipinski definition) is 2. The molecule has 0 aromatic heterocycles. The van der Waals surface area contributed by atoms with Crippen LogP contribution in [0.1, 0.15) is 22.8 Å². The second kappa shape index (κ2) is 6.71. The number of nitrogens with two attached hydrogens (primary N) is 1. The maximum absolute atomic E-state index is 12.6. The molecular weight excluding hydrogens is 316 g/mol. The molecule has 2 amide bonds. The van der Waals surface area contributed by atoms with Crippen LogP contribution < -0.4 is 15.8 Å². The quantitative estimate of drug-likeness (QED) is 0.882. The largest absolute Gasteiger partial charge is 0.496 e. The Morgan fingerprint density at radius 1 is 1.17 bits per heavy atom. The highest BCUT2D eigenvalue weighted by Crippen LogP contribution is 2.25. The Kier molecular flexibility index (Phi) is 4.91. The van der Waals surface area contributed by atoms with Crippen LogP contribution in [0, 0.1) is 0 Å². The maximum Gasteiger partial charge on any atom is 0.256 e. The van der Waals surface area contributed by atoms with Crippen molar-refractivity contribution in [3.8, 4) is 5.75 Å². The minimum Gasteiger partial charge on any atom is -0.496 e. The number of carbonyl (C=O) groups excluding carboxylic acids is 2. The van der Waals surface area contributed by atoms with Crippen molar-refractivity contribution in [2.75, 3.05) is 7.11 Å². The topological polar surface area (TPSA) is 81.4 Å². The van der Waals surface area contributed by atoms with E-state index in [-0.39, 0.29) is 0 Å². The summed E-state index contributed by atoms with van der Waals surface area (Å²) in [6.45, 7) is 1.54. The van der Waals surface area contributed by atoms with Gasteiger partial charge in [-0.25, -0.2) is 0 Å². The number of rotatable bonds is 5. The van der Waals surface area contributed by atoms with E-state index in [1.54, 1.807) is 48.5 Å². The van der Waals surface area contributed by atoms with Gasteiger partial charge in [0.05, 0.1) is 12.7 Å². The van der Waals surface area contributed by atoms with Gasteiger partial charge in [0, 0.05) is 5.02 Å². The summed E-state index contributed by atoms with van der Waals surface area (Å²) >= 11 is 5.97. The number of halogens is 1. The molecular formula is C17H17ClN2O3. The number of nitrogens with one attached hydrogen (secondary N) is 1. The molecule has 2 aromatic rings. The zero-order valence-electron chi connectivity index (χ0n) is 12.8. The van der Waals surface area contributed by atoms with Crippen molar-refractivity contribution in [2.45, 2.75) is 12.5 Å². The molecule has 0 saturated carbocycles. The molecule has 0 fully saturated rings. The van der Waals surface area contributed by atoms with Crippen LogP contribution in [-0.4, -0.2) is 18.9 Å². The Labute approximate surface area is 139 Å². The summed E-state index contributed by atoms with van der Waals surface area (Å²) in [7, 11) is 1.47. The minimum atomic E-state index is -1.40. The molecule has 120 valence electrons. The molecule has 0 heterocycles. The van der Waals surface area contributed by atoms with Crippen LogP contribution >= 0.6 is 11.6 Å². The van der Waals surface area contributed by atoms with E-state index in [1.807, 2.05) is 0 Å². The smallest absolute Gasteiger partial charge is 0.256 e. The van der Waals surface area contributed by atoms with Crippen LogP contribution in [0.3, 0.4) is 0 Å². The van der Waals surface area contributed by atoms with Gasteiger partial charge in [-0.15, -0.1) is 0 Å². The van der Waals surface area contributed by atoms with E-state index >= 15 is 0 Å². The summed E-state index contributed by atoms with van der Waals surface area (Å²) in [6.07, 6.45) is 0. The molecule has 2 rings (SSSR count). The Morgan fingerprint density at radius 3 is 2.48 bits per heavy atom. The molecule has 1 atom stereocenters. The van der Waals surface area contributed by atoms with Gasteiger partial charge in [0.2, 0.25) is 5.91 Å². The number of methoxy groups -OCH3 is 1. The Bertz CT molecular complexity index is 748. The Hall–Kier alpha value is -2.53. The number of para-hydroxylation sites is 1. The molecule has 5 nitrogen and oxygen atoms in total. The van der Waals surface area contributed by atoms with Gasteiger partial charge in [-0.1, -0.05) is 35.9 Å². The summed E-state index contributed by atoms with van der Waals surface area (Å²) < 4.78 is 5.17. The summed E-state index contributed by atoms with van der Waals surface area (Å²) in [5.74, 6) is -0.755. The molecule has 6 heteroatoms. The normalized spacial score (nSPS) is 13.0. The van der Waals surface area contributed by atoms with Crippen LogP contribution in [-0.2, 0) is 10.3 Å². The van der Waals surface area contributed by atoms with Crippen molar-refractivity contribution in [2.24, 2.45) is 5.73 Å². The molecule has 3 N–H and O–H groups in total. The molecule has 0 spiro atoms. The number of amides is 2. The van der Waals surface area contributed by atoms with E-state index in [4.69, 9.17) is 22.1 Å². The van der Waals surface area contributed by atoms with Crippen molar-refractivity contribution in [1.82, 2.24) is 5.32 Å². The summed E-state index contributed by atoms with van der Waals surface area (Å²) in [5.41, 5.74) is 4.93. The molecule has 2 aromatic carbocycles. The van der Waals surface area contributed by atoms with E-state index in [0.717, 1.165) is 0 Å². The monoisotopic (exact) mass is 332 g/mol. The standard InChI is InChI=1S/C17H17ClN2O3/c1-17(16(19)22,11-6-5-7-12(18)10-11)20-15(21)13-8-3-4-9-14(13)23-2/h3-10H,1-2H3,(H2,19,22)(H,20,21). The molecule has 0 aliphatic carbocycles. The highest BCUT2D eigenvalue weighted by Gasteiger charge is 2.35. The van der Waals surface area contributed by atoms with Gasteiger partial charge < -0.3 is 15.8 Å². The van der Waals surface area contributed by atoms with Gasteiger partial charge in [-0.3, -0.25) is 9.59 Å². The van der Waals surface area contributed by atoms with Crippen molar-refractivity contribution < 1.29 is 14.3 Å². The second-order valence-electron chi connectivity index (χ2n) is 5.15. The SMILES string of the molecule is COc1ccccc1C(=O)NC(C)(C(N)=O)c1cccc(Cl)c1. The van der Waals surface area contributed by atoms with Crippen molar-refractivity contribution in [3.63, 3.8) is 0 Å². The van der Waals surface area contributed by atoms with Crippen LogP contribution in [0.25, 0.3) is 0 Å². The van der Waals surface area contributed by atoms with Gasteiger partial charge in [0.1, 0.15) is 11.3 Å². The molecule has 1 unspecified atom stereocenters. The molecule has 0 aliphatic heterocycles. The average Bonchev–Trinajstić information content (AvgIpc) is 2.54. The summed E-state index contributed by atoms with van der Waals surface area (Å²) in [5, 5.41) is 3.12. The third-order valence-electron chi connectivity index (χ3n) is 3.61. The summed E-state index contributed by atoms with van der Waals surface area (Å²) in [6, 6.07) is 13.4. The fourth-order valence-corrected chi connectivity index (χ4v) is 2.39. The maximum atomic E-state index is 12.6. The first-order valence-electron chi connectivity index (χ1n) is 6.90. The highest BCUT2D eigenvalue weighted by atomic mass is 35.5. The molecule has 0 radical (unpaired) electrons. The summed E-state index contributed by atoms with van der Waals surface area (Å²) in [4.78, 5) is 24.6. The highest BCUT2D eigenvalue weighted by molar-refractivity contribution is 6.30. The molecule has 0 bridgehead atoms. The van der Waals surface area contributed by atoms with E-state index in [0.29, 0.717) is 21.9 Å². The van der Waals surface area contributed by atoms with Crippen LogP contribution in [0.4, 0.5) is 0 Å². The van der Waals surface area contributed by atoms with Crippen molar-refractivity contribution >= 4 is 23.4 Å². The van der Waals surface area contributed by atoms with E-state index < -0.39 is 17.4 Å². The second-order valence-corrected chi connectivity index (χ2v) is 5.59. The van der Waals surface area contributed by atoms with E-state index in [9.17, 15) is 9.59 Å². The van der Waals surface area contributed by atoms with E-state index in [1.165, 1.54) is 14.0 Å². The van der Waals surface area contributed by atoms with Crippen molar-refractivity contribution in [3.05, 3.63) is 64.7 Å². The third-order valence-corrected chi connectivity index (χ3v) is 3.84. The predicted molar refractivity (Wildman–Crippen MR) is 88.5 cm³/mol. The Morgan fingerprint density at radius 2 is 1.87 bits per heavy atom. The molecule has 23 heavy (non-hydrogen) atoms. The van der Waals surface area contributed by atoms with Gasteiger partial charge in [0.25, 0.3) is 5.91 Å². The van der Waals surface area contributed by atoms with Crippen LogP contribution in [0.15, 0.2) is 48.5 Å². The molecule has 0 aliphatic rings. The lowest BCUT2D eigenvalue weighted by atomic mass is 9.90. The number of benzene rings is 2. The predicted octanol–water partition coefficient (Wildman–Crippen LogP) is 2.48. The minimum absolute atomic E-state index is 0.310. The first-order valence-corrected chi connectivity index (χ1v) is 7.27. The van der Waals surface area contributed by atoms with Gasteiger partial charge >= 0.3 is 0 Å². The fraction of sp³-hybridized carbons (Fsp3) is 0.176. The Balaban J connectivity index is 2.40. The van der Waals surface area contributed by atoms with Crippen molar-refractivity contribution in [1.29, 1.82) is 0 Å². The first kappa shape index (κ1) is 16.8. The number of hydrogen-bond acceptors (Lipinski definition) is 3. The van der Waals surface area contributed by atoms with Gasteiger partial charge in [-0.05, 0) is 36.8 Å². The number of ether oxygens (including phenoxy) is 1. The van der Waals surface area contributed by atoms with Gasteiger partial charge in [0.15, 0.2) is 0 Å². The number of primary amides is 1. The number of carbonyl (C=O) groups is 2. The van der Waals surface area contributed by atoms with Crippen LogP contribution in [0.2, 0.25) is 5.02 Å². The fourth-order valence-electron chi connectivity index (χ4n) is 2.20. The average molecular weight is 333 g/mol. The zero-order chi connectivity index (χ0) is 17.0. The zero-order valence-corrected chi connectivity index (χ0v) is 13.6. The van der Waals surface area contributed by atoms with Gasteiger partial charge in [-0.2, -0.15) is 0 Å². The van der Waals surface area contributed by atoms with E-state index in [2.05, 4.69) is 5.32 Å². The third kappa shape index (κ3) is 3.46. The molecule has 0 saturated heterocycles. The lowest BCUT2D eigenvalue weighted by molar-refractivity contribution is -0.123. The lowest BCUT2D eigenvalue weighted by Gasteiger charge is -2.28. The first-order chi connectivity index (χ1) is 10.9.